The van der Waals surface area contributed by atoms with E-state index >= 15 is 0 Å². The number of rotatable bonds is 12. The minimum Gasteiger partial charge on any atom is -0.399 e. The lowest BCUT2D eigenvalue weighted by Crippen LogP contribution is -2.74. The van der Waals surface area contributed by atoms with Gasteiger partial charge in [0.05, 0.1) is 6.61 Å². The first kappa shape index (κ1) is 26.7. The number of hydrogen-bond donors (Lipinski definition) is 3. The van der Waals surface area contributed by atoms with Crippen LogP contribution >= 0.6 is 0 Å². The summed E-state index contributed by atoms with van der Waals surface area (Å²) in [5.74, 6) is 0.486. The third kappa shape index (κ3) is 4.95. The number of carbonyl (C=O) groups excluding carboxylic acids is 2. The van der Waals surface area contributed by atoms with E-state index in [1.807, 2.05) is 73.5 Å². The number of fused-ring (bicyclic) bond motifs is 1. The number of amides is 3. The van der Waals surface area contributed by atoms with E-state index in [2.05, 4.69) is 4.98 Å². The molecule has 0 saturated carbocycles. The van der Waals surface area contributed by atoms with Crippen molar-refractivity contribution in [2.45, 2.75) is 58.2 Å². The minimum atomic E-state index is -1.04. The molecular formula is C27H39N7O3. The molecule has 1 aromatic carbocycles. The maximum Gasteiger partial charge on any atom is 0.328 e. The Hall–Kier alpha value is -3.37. The minimum absolute atomic E-state index is 0.0553. The Bertz CT molecular complexity index is 1100. The summed E-state index contributed by atoms with van der Waals surface area (Å²) in [5, 5.41) is 13.8. The number of urea groups is 1. The molecule has 1 saturated heterocycles. The van der Waals surface area contributed by atoms with Gasteiger partial charge in [-0.05, 0) is 48.6 Å². The molecule has 10 heteroatoms. The standard InChI is InChI=1S/C27H39N7O3/c1-4-14-32-25(36)24-27(5-2,33(26(32)37)15-12-20-7-9-22(28)10-8-20)30-23(18-21-11-13-29-19-21)34(24)31(6-3)16-17-35/h7-11,13,19,24,29,35H,4-6,12,14-18,28H2,1-3H3. The van der Waals surface area contributed by atoms with Crippen LogP contribution in [-0.2, 0) is 17.6 Å². The van der Waals surface area contributed by atoms with Crippen LogP contribution in [0.1, 0.15) is 44.7 Å². The van der Waals surface area contributed by atoms with Crippen LogP contribution in [0.5, 0.6) is 0 Å². The summed E-state index contributed by atoms with van der Waals surface area (Å²) in [4.78, 5) is 39.4. The van der Waals surface area contributed by atoms with Gasteiger partial charge in [-0.1, -0.05) is 32.9 Å². The highest BCUT2D eigenvalue weighted by Crippen LogP contribution is 2.41. The second-order valence-electron chi connectivity index (χ2n) is 9.59. The molecule has 0 radical (unpaired) electrons. The van der Waals surface area contributed by atoms with Crippen molar-refractivity contribution in [3.63, 3.8) is 0 Å². The normalized spacial score (nSPS) is 21.7. The number of aromatic amines is 1. The number of benzene rings is 1. The molecule has 2 atom stereocenters. The number of carbonyl (C=O) groups is 2. The largest absolute Gasteiger partial charge is 0.399 e. The highest BCUT2D eigenvalue weighted by Gasteiger charge is 2.62. The van der Waals surface area contributed by atoms with Crippen LogP contribution in [0.4, 0.5) is 10.5 Å². The Morgan fingerprint density at radius 3 is 2.46 bits per heavy atom. The van der Waals surface area contributed by atoms with E-state index in [4.69, 9.17) is 10.7 Å². The van der Waals surface area contributed by atoms with Crippen molar-refractivity contribution in [1.82, 2.24) is 24.8 Å². The Balaban J connectivity index is 1.79. The van der Waals surface area contributed by atoms with E-state index in [-0.39, 0.29) is 18.5 Å². The molecular weight excluding hydrogens is 470 g/mol. The summed E-state index contributed by atoms with van der Waals surface area (Å²) in [6, 6.07) is 8.64. The lowest BCUT2D eigenvalue weighted by molar-refractivity contribution is -0.151. The van der Waals surface area contributed by atoms with Crippen molar-refractivity contribution < 1.29 is 14.7 Å². The van der Waals surface area contributed by atoms with Crippen LogP contribution < -0.4 is 5.73 Å². The Labute approximate surface area is 218 Å². The number of aromatic nitrogens is 1. The molecule has 2 unspecified atom stereocenters. The fourth-order valence-corrected chi connectivity index (χ4v) is 5.48. The number of nitrogen functional groups attached to an aromatic ring is 1. The smallest absolute Gasteiger partial charge is 0.328 e. The average molecular weight is 510 g/mol. The number of likely N-dealkylation sites (N-methyl/N-ethyl adjacent to an activating group) is 1. The van der Waals surface area contributed by atoms with Gasteiger partial charge >= 0.3 is 6.03 Å². The fraction of sp³-hybridized carbons (Fsp3) is 0.519. The second-order valence-corrected chi connectivity index (χ2v) is 9.59. The lowest BCUT2D eigenvalue weighted by Gasteiger charge is -2.51. The van der Waals surface area contributed by atoms with Crippen LogP contribution in [0.2, 0.25) is 0 Å². The number of nitrogens with two attached hydrogens (primary N) is 1. The van der Waals surface area contributed by atoms with Gasteiger partial charge in [0.15, 0.2) is 11.7 Å². The molecule has 2 aliphatic rings. The number of anilines is 1. The third-order valence-corrected chi connectivity index (χ3v) is 7.32. The van der Waals surface area contributed by atoms with Crippen LogP contribution in [0.3, 0.4) is 0 Å². The van der Waals surface area contributed by atoms with Crippen LogP contribution in [0.15, 0.2) is 47.7 Å². The Morgan fingerprint density at radius 1 is 1.11 bits per heavy atom. The number of imide groups is 1. The fourth-order valence-electron chi connectivity index (χ4n) is 5.48. The number of hydrazine groups is 1. The zero-order valence-corrected chi connectivity index (χ0v) is 22.1. The lowest BCUT2D eigenvalue weighted by atomic mass is 9.91. The number of nitrogens with zero attached hydrogens (tertiary/aromatic N) is 5. The number of aliphatic hydroxyl groups is 1. The number of hydrogen-bond acceptors (Lipinski definition) is 7. The summed E-state index contributed by atoms with van der Waals surface area (Å²) < 4.78 is 0. The molecule has 1 aromatic heterocycles. The van der Waals surface area contributed by atoms with Crippen molar-refractivity contribution in [3.8, 4) is 0 Å². The van der Waals surface area contributed by atoms with E-state index < -0.39 is 11.7 Å². The van der Waals surface area contributed by atoms with Crippen molar-refractivity contribution >= 4 is 23.5 Å². The highest BCUT2D eigenvalue weighted by atomic mass is 16.3. The van der Waals surface area contributed by atoms with Crippen LogP contribution in [-0.4, -0.2) is 92.2 Å². The predicted molar refractivity (Wildman–Crippen MR) is 144 cm³/mol. The Morgan fingerprint density at radius 2 is 1.86 bits per heavy atom. The van der Waals surface area contributed by atoms with Gasteiger partial charge in [0.1, 0.15) is 5.84 Å². The first-order chi connectivity index (χ1) is 17.9. The first-order valence-electron chi connectivity index (χ1n) is 13.2. The second kappa shape index (κ2) is 11.4. The zero-order chi connectivity index (χ0) is 26.6. The molecule has 200 valence electrons. The van der Waals surface area contributed by atoms with Crippen molar-refractivity contribution in [2.24, 2.45) is 4.99 Å². The summed E-state index contributed by atoms with van der Waals surface area (Å²) in [6.45, 7) is 7.61. The molecule has 3 amide bonds. The maximum atomic E-state index is 14.1. The van der Waals surface area contributed by atoms with Gasteiger partial charge in [-0.2, -0.15) is 0 Å². The molecule has 0 bridgehead atoms. The van der Waals surface area contributed by atoms with Gasteiger partial charge in [0, 0.05) is 50.7 Å². The van der Waals surface area contributed by atoms with Gasteiger partial charge in [0.25, 0.3) is 5.91 Å². The van der Waals surface area contributed by atoms with E-state index in [1.165, 1.54) is 4.90 Å². The van der Waals surface area contributed by atoms with Gasteiger partial charge in [-0.25, -0.2) is 14.8 Å². The van der Waals surface area contributed by atoms with Gasteiger partial charge < -0.3 is 15.8 Å². The zero-order valence-electron chi connectivity index (χ0n) is 22.1. The predicted octanol–water partition coefficient (Wildman–Crippen LogP) is 2.47. The monoisotopic (exact) mass is 509 g/mol. The van der Waals surface area contributed by atoms with Crippen molar-refractivity contribution in [2.75, 3.05) is 38.5 Å². The highest BCUT2D eigenvalue weighted by molar-refractivity contribution is 6.05. The quantitative estimate of drug-likeness (QED) is 0.378. The summed E-state index contributed by atoms with van der Waals surface area (Å²) in [6.07, 6.45) is 6.05. The molecule has 0 aliphatic carbocycles. The Kier molecular flexibility index (Phi) is 8.19. The number of aliphatic imine (C=N–C) groups is 1. The SMILES string of the molecule is CCCN1C(=O)C2N(N(CC)CCO)C(Cc3cc[nH]c3)=NC2(CC)N(CCc2ccc(N)cc2)C1=O. The molecule has 0 spiro atoms. The molecule has 1 fully saturated rings. The molecule has 4 N–H and O–H groups in total. The van der Waals surface area contributed by atoms with E-state index in [0.29, 0.717) is 57.5 Å². The van der Waals surface area contributed by atoms with Gasteiger partial charge in [-0.3, -0.25) is 19.6 Å². The maximum absolute atomic E-state index is 14.1. The summed E-state index contributed by atoms with van der Waals surface area (Å²) in [7, 11) is 0. The van der Waals surface area contributed by atoms with Gasteiger partial charge in [-0.15, -0.1) is 0 Å². The van der Waals surface area contributed by atoms with Gasteiger partial charge in [0.2, 0.25) is 0 Å². The van der Waals surface area contributed by atoms with Crippen molar-refractivity contribution in [3.05, 3.63) is 53.9 Å². The summed E-state index contributed by atoms with van der Waals surface area (Å²) in [5.41, 5.74) is 7.61. The van der Waals surface area contributed by atoms with E-state index in [0.717, 1.165) is 17.0 Å². The summed E-state index contributed by atoms with van der Waals surface area (Å²) >= 11 is 0. The third-order valence-electron chi connectivity index (χ3n) is 7.32. The number of H-pyrrole nitrogens is 1. The van der Waals surface area contributed by atoms with Crippen molar-refractivity contribution in [1.29, 1.82) is 0 Å². The van der Waals surface area contributed by atoms with Crippen LogP contribution in [0, 0.1) is 0 Å². The molecule has 37 heavy (non-hydrogen) atoms. The topological polar surface area (TPSA) is 122 Å². The number of aliphatic hydroxyl groups excluding tert-OH is 1. The number of amidine groups is 1. The first-order valence-corrected chi connectivity index (χ1v) is 13.2. The molecule has 10 nitrogen and oxygen atoms in total. The average Bonchev–Trinajstić information content (AvgIpc) is 3.53. The molecule has 4 rings (SSSR count). The van der Waals surface area contributed by atoms with E-state index in [9.17, 15) is 14.7 Å². The molecule has 2 aromatic rings. The number of nitrogens with one attached hydrogen (secondary N) is 1. The van der Waals surface area contributed by atoms with E-state index in [1.54, 1.807) is 4.90 Å². The molecule has 2 aliphatic heterocycles. The van der Waals surface area contributed by atoms with Crippen LogP contribution in [0.25, 0.3) is 0 Å². The molecule has 3 heterocycles.